The molecule has 2 N–H and O–H groups in total. The highest BCUT2D eigenvalue weighted by molar-refractivity contribution is 6.33. The number of methoxy groups -OCH3 is 1. The number of hydrogen-bond acceptors (Lipinski definition) is 3. The third-order valence-corrected chi connectivity index (χ3v) is 5.43. The van der Waals surface area contributed by atoms with E-state index in [-0.39, 0.29) is 5.91 Å². The molecule has 1 saturated heterocycles. The van der Waals surface area contributed by atoms with Gasteiger partial charge in [-0.15, -0.1) is 0 Å². The van der Waals surface area contributed by atoms with Gasteiger partial charge in [-0.2, -0.15) is 0 Å². The van der Waals surface area contributed by atoms with Crippen LogP contribution in [0.15, 0.2) is 53.5 Å². The Hall–Kier alpha value is -2.73. The Bertz CT molecular complexity index is 854. The Morgan fingerprint density at radius 2 is 1.90 bits per heavy atom. The normalized spacial score (nSPS) is 16.6. The maximum atomic E-state index is 12.2. The molecule has 1 aliphatic rings. The first-order chi connectivity index (χ1) is 14.1. The smallest absolute Gasteiger partial charge is 0.252 e. The van der Waals surface area contributed by atoms with Crippen LogP contribution in [-0.4, -0.2) is 57.1 Å². The Kier molecular flexibility index (Phi) is 7.36. The van der Waals surface area contributed by atoms with Crippen molar-refractivity contribution >= 4 is 23.5 Å². The number of halogens is 1. The maximum absolute atomic E-state index is 12.2. The van der Waals surface area contributed by atoms with Crippen molar-refractivity contribution in [1.82, 2.24) is 15.5 Å². The molecule has 1 amide bonds. The molecule has 2 aromatic rings. The predicted molar refractivity (Wildman–Crippen MR) is 117 cm³/mol. The molecule has 0 spiro atoms. The van der Waals surface area contributed by atoms with Gasteiger partial charge in [0.25, 0.3) is 5.91 Å². The van der Waals surface area contributed by atoms with Gasteiger partial charge >= 0.3 is 0 Å². The molecule has 0 aliphatic carbocycles. The lowest BCUT2D eigenvalue weighted by Gasteiger charge is -2.22. The third kappa shape index (κ3) is 5.41. The second-order valence-corrected chi connectivity index (χ2v) is 7.32. The van der Waals surface area contributed by atoms with Crippen molar-refractivity contribution < 1.29 is 9.53 Å². The fourth-order valence-electron chi connectivity index (χ4n) is 3.52. The summed E-state index contributed by atoms with van der Waals surface area (Å²) in [6.07, 6.45) is 1.08. The number of hydrogen-bond donors (Lipinski definition) is 2. The molecule has 1 fully saturated rings. The molecule has 0 bridgehead atoms. The zero-order valence-corrected chi connectivity index (χ0v) is 17.6. The lowest BCUT2D eigenvalue weighted by molar-refractivity contribution is 0.0954. The molecule has 3 rings (SSSR count). The quantitative estimate of drug-likeness (QED) is 0.433. The first-order valence-corrected chi connectivity index (χ1v) is 10.1. The molecule has 1 aliphatic heterocycles. The summed E-state index contributed by atoms with van der Waals surface area (Å²) < 4.78 is 5.24. The SMILES string of the molecule is CN=C(NCCNC(=O)c1ccccc1Cl)N1CCC(c2ccc(OC)cc2)C1. The molecule has 0 saturated carbocycles. The molecular weight excluding hydrogens is 388 g/mol. The highest BCUT2D eigenvalue weighted by Crippen LogP contribution is 2.28. The van der Waals surface area contributed by atoms with Crippen LogP contribution in [0.1, 0.15) is 28.3 Å². The number of guanidine groups is 1. The summed E-state index contributed by atoms with van der Waals surface area (Å²) in [6, 6.07) is 15.3. The number of aliphatic imine (C=N–C) groups is 1. The summed E-state index contributed by atoms with van der Waals surface area (Å²) in [6.45, 7) is 2.94. The summed E-state index contributed by atoms with van der Waals surface area (Å²) in [4.78, 5) is 18.9. The summed E-state index contributed by atoms with van der Waals surface area (Å²) in [5.41, 5.74) is 1.80. The zero-order chi connectivity index (χ0) is 20.6. The Morgan fingerprint density at radius 3 is 2.59 bits per heavy atom. The van der Waals surface area contributed by atoms with E-state index in [1.165, 1.54) is 5.56 Å². The number of rotatable bonds is 6. The Morgan fingerprint density at radius 1 is 1.17 bits per heavy atom. The van der Waals surface area contributed by atoms with Crippen molar-refractivity contribution in [2.24, 2.45) is 4.99 Å². The molecule has 0 aromatic heterocycles. The fraction of sp³-hybridized carbons (Fsp3) is 0.364. The zero-order valence-electron chi connectivity index (χ0n) is 16.8. The van der Waals surface area contributed by atoms with E-state index in [9.17, 15) is 4.79 Å². The van der Waals surface area contributed by atoms with Crippen molar-refractivity contribution in [1.29, 1.82) is 0 Å². The standard InChI is InChI=1S/C22H27ClN4O2/c1-24-22(26-13-12-25-21(28)19-5-3-4-6-20(19)23)27-14-11-17(15-27)16-7-9-18(29-2)10-8-16/h3-10,17H,11-15H2,1-2H3,(H,24,26)(H,25,28). The van der Waals surface area contributed by atoms with Crippen LogP contribution >= 0.6 is 11.6 Å². The topological polar surface area (TPSA) is 66.0 Å². The summed E-state index contributed by atoms with van der Waals surface area (Å²) in [7, 11) is 3.46. The lowest BCUT2D eigenvalue weighted by Crippen LogP contribution is -2.43. The molecule has 1 unspecified atom stereocenters. The van der Waals surface area contributed by atoms with Crippen molar-refractivity contribution in [3.63, 3.8) is 0 Å². The summed E-state index contributed by atoms with van der Waals surface area (Å²) in [5, 5.41) is 6.67. The fourth-order valence-corrected chi connectivity index (χ4v) is 3.75. The molecular formula is C22H27ClN4O2. The van der Waals surface area contributed by atoms with Gasteiger partial charge in [0, 0.05) is 39.1 Å². The van der Waals surface area contributed by atoms with E-state index in [1.807, 2.05) is 12.1 Å². The van der Waals surface area contributed by atoms with Crippen LogP contribution in [-0.2, 0) is 0 Å². The van der Waals surface area contributed by atoms with Crippen LogP contribution in [0.25, 0.3) is 0 Å². The highest BCUT2D eigenvalue weighted by atomic mass is 35.5. The molecule has 1 heterocycles. The first-order valence-electron chi connectivity index (χ1n) is 9.74. The number of carbonyl (C=O) groups is 1. The number of ether oxygens (including phenoxy) is 1. The molecule has 0 radical (unpaired) electrons. The van der Waals surface area contributed by atoms with E-state index < -0.39 is 0 Å². The van der Waals surface area contributed by atoms with E-state index >= 15 is 0 Å². The van der Waals surface area contributed by atoms with Crippen molar-refractivity contribution in [2.75, 3.05) is 40.3 Å². The minimum absolute atomic E-state index is 0.173. The second-order valence-electron chi connectivity index (χ2n) is 6.91. The number of benzene rings is 2. The number of amides is 1. The molecule has 2 aromatic carbocycles. The summed E-state index contributed by atoms with van der Waals surface area (Å²) in [5.74, 6) is 2.03. The Labute approximate surface area is 176 Å². The van der Waals surface area contributed by atoms with E-state index in [0.29, 0.717) is 29.6 Å². The van der Waals surface area contributed by atoms with Gasteiger partial charge in [-0.1, -0.05) is 35.9 Å². The van der Waals surface area contributed by atoms with Gasteiger partial charge in [0.05, 0.1) is 17.7 Å². The van der Waals surface area contributed by atoms with Gasteiger partial charge in [0.15, 0.2) is 5.96 Å². The van der Waals surface area contributed by atoms with Crippen LogP contribution in [0.2, 0.25) is 5.02 Å². The molecule has 154 valence electrons. The maximum Gasteiger partial charge on any atom is 0.252 e. The molecule has 29 heavy (non-hydrogen) atoms. The Balaban J connectivity index is 1.46. The minimum atomic E-state index is -0.173. The highest BCUT2D eigenvalue weighted by Gasteiger charge is 2.26. The van der Waals surface area contributed by atoms with Crippen LogP contribution in [0.5, 0.6) is 5.75 Å². The van der Waals surface area contributed by atoms with E-state index in [2.05, 4.69) is 32.7 Å². The van der Waals surface area contributed by atoms with Gasteiger partial charge < -0.3 is 20.3 Å². The molecule has 1 atom stereocenters. The number of likely N-dealkylation sites (tertiary alicyclic amines) is 1. The van der Waals surface area contributed by atoms with Gasteiger partial charge in [0.1, 0.15) is 5.75 Å². The number of nitrogens with one attached hydrogen (secondary N) is 2. The van der Waals surface area contributed by atoms with E-state index in [1.54, 1.807) is 38.4 Å². The van der Waals surface area contributed by atoms with E-state index in [4.69, 9.17) is 16.3 Å². The van der Waals surface area contributed by atoms with Crippen molar-refractivity contribution in [2.45, 2.75) is 12.3 Å². The minimum Gasteiger partial charge on any atom is -0.497 e. The van der Waals surface area contributed by atoms with E-state index in [0.717, 1.165) is 31.2 Å². The average molecular weight is 415 g/mol. The first kappa shape index (κ1) is 21.0. The van der Waals surface area contributed by atoms with Gasteiger partial charge in [-0.05, 0) is 36.2 Å². The van der Waals surface area contributed by atoms with Crippen molar-refractivity contribution in [3.8, 4) is 5.75 Å². The number of nitrogens with zero attached hydrogens (tertiary/aromatic N) is 2. The van der Waals surface area contributed by atoms with Crippen LogP contribution in [0.3, 0.4) is 0 Å². The largest absolute Gasteiger partial charge is 0.497 e. The predicted octanol–water partition coefficient (Wildman–Crippen LogP) is 3.14. The van der Waals surface area contributed by atoms with Crippen LogP contribution in [0.4, 0.5) is 0 Å². The van der Waals surface area contributed by atoms with Crippen LogP contribution in [0, 0.1) is 0 Å². The van der Waals surface area contributed by atoms with Crippen LogP contribution < -0.4 is 15.4 Å². The average Bonchev–Trinajstić information content (AvgIpc) is 3.24. The van der Waals surface area contributed by atoms with Gasteiger partial charge in [0.2, 0.25) is 0 Å². The monoisotopic (exact) mass is 414 g/mol. The second kappa shape index (κ2) is 10.2. The molecule has 6 nitrogen and oxygen atoms in total. The molecule has 7 heteroatoms. The van der Waals surface area contributed by atoms with Gasteiger partial charge in [-0.25, -0.2) is 0 Å². The summed E-state index contributed by atoms with van der Waals surface area (Å²) >= 11 is 6.06. The third-order valence-electron chi connectivity index (χ3n) is 5.10. The van der Waals surface area contributed by atoms with Gasteiger partial charge in [-0.3, -0.25) is 9.79 Å². The lowest BCUT2D eigenvalue weighted by atomic mass is 9.98. The van der Waals surface area contributed by atoms with Crippen molar-refractivity contribution in [3.05, 3.63) is 64.7 Å². The number of carbonyl (C=O) groups excluding carboxylic acids is 1.